The van der Waals surface area contributed by atoms with Crippen molar-refractivity contribution in [3.05, 3.63) is 18.1 Å². The first-order chi connectivity index (χ1) is 9.80. The van der Waals surface area contributed by atoms with Gasteiger partial charge in [0, 0.05) is 5.92 Å². The number of rotatable bonds is 3. The Kier molecular flexibility index (Phi) is 4.11. The highest BCUT2D eigenvalue weighted by molar-refractivity contribution is 5.83. The monoisotopic (exact) mass is 293 g/mol. The quantitative estimate of drug-likeness (QED) is 0.858. The van der Waals surface area contributed by atoms with E-state index in [9.17, 15) is 9.59 Å². The van der Waals surface area contributed by atoms with Gasteiger partial charge in [-0.2, -0.15) is 0 Å². The van der Waals surface area contributed by atoms with Gasteiger partial charge in [0.05, 0.1) is 31.1 Å². The molecule has 2 rings (SSSR count). The molecule has 21 heavy (non-hydrogen) atoms. The number of nitrogens with zero attached hydrogens (tertiary/aromatic N) is 2. The summed E-state index contributed by atoms with van der Waals surface area (Å²) in [6.45, 7) is 5.34. The zero-order valence-electron chi connectivity index (χ0n) is 12.5. The van der Waals surface area contributed by atoms with Crippen LogP contribution in [0, 0.1) is 5.92 Å². The van der Waals surface area contributed by atoms with E-state index in [-0.39, 0.29) is 17.8 Å². The SMILES string of the molecule is COC(=O)[C@H]1C[C@@H]1c1cnc(NC(=O)OC(C)(C)C)cn1. The number of esters is 1. The fraction of sp³-hybridized carbons (Fsp3) is 0.571. The van der Waals surface area contributed by atoms with Gasteiger partial charge < -0.3 is 9.47 Å². The lowest BCUT2D eigenvalue weighted by Crippen LogP contribution is -2.27. The minimum absolute atomic E-state index is 0.0560. The summed E-state index contributed by atoms with van der Waals surface area (Å²) in [5.41, 5.74) is 0.152. The molecule has 1 fully saturated rings. The standard InChI is InChI=1S/C14H19N3O4/c1-14(2,3)21-13(19)17-11-7-15-10(6-16-11)8-5-9(8)12(18)20-4/h6-9H,5H2,1-4H3,(H,16,17,19)/t8-,9-/m0/s1. The summed E-state index contributed by atoms with van der Waals surface area (Å²) in [7, 11) is 1.37. The molecule has 2 atom stereocenters. The molecular weight excluding hydrogens is 274 g/mol. The number of anilines is 1. The van der Waals surface area contributed by atoms with Crippen molar-refractivity contribution in [3.63, 3.8) is 0 Å². The van der Waals surface area contributed by atoms with Gasteiger partial charge in [-0.15, -0.1) is 0 Å². The normalized spacial score (nSPS) is 20.6. The summed E-state index contributed by atoms with van der Waals surface area (Å²) in [5, 5.41) is 2.50. The minimum atomic E-state index is -0.580. The smallest absolute Gasteiger partial charge is 0.413 e. The molecule has 1 saturated carbocycles. The van der Waals surface area contributed by atoms with E-state index in [1.54, 1.807) is 27.0 Å². The Bertz CT molecular complexity index is 536. The molecule has 0 bridgehead atoms. The summed E-state index contributed by atoms with van der Waals surface area (Å²) in [6, 6.07) is 0. The molecule has 1 N–H and O–H groups in total. The van der Waals surface area contributed by atoms with E-state index >= 15 is 0 Å². The van der Waals surface area contributed by atoms with Crippen LogP contribution >= 0.6 is 0 Å². The second-order valence-corrected chi connectivity index (χ2v) is 5.93. The zero-order valence-corrected chi connectivity index (χ0v) is 12.5. The van der Waals surface area contributed by atoms with E-state index in [0.29, 0.717) is 5.82 Å². The topological polar surface area (TPSA) is 90.4 Å². The Morgan fingerprint density at radius 2 is 2.00 bits per heavy atom. The Balaban J connectivity index is 1.91. The number of methoxy groups -OCH3 is 1. The molecule has 0 aromatic carbocycles. The molecule has 0 saturated heterocycles. The van der Waals surface area contributed by atoms with E-state index in [1.165, 1.54) is 13.3 Å². The lowest BCUT2D eigenvalue weighted by Gasteiger charge is -2.19. The first-order valence-corrected chi connectivity index (χ1v) is 6.70. The van der Waals surface area contributed by atoms with E-state index in [1.807, 2.05) is 0 Å². The Labute approximate surface area is 123 Å². The van der Waals surface area contributed by atoms with Gasteiger partial charge in [0.1, 0.15) is 5.60 Å². The molecular formula is C14H19N3O4. The number of hydrogen-bond donors (Lipinski definition) is 1. The second-order valence-electron chi connectivity index (χ2n) is 5.93. The molecule has 7 heteroatoms. The third-order valence-electron chi connectivity index (χ3n) is 2.98. The van der Waals surface area contributed by atoms with Gasteiger partial charge in [0.25, 0.3) is 0 Å². The van der Waals surface area contributed by atoms with Gasteiger partial charge in [-0.25, -0.2) is 9.78 Å². The van der Waals surface area contributed by atoms with E-state index in [4.69, 9.17) is 4.74 Å². The van der Waals surface area contributed by atoms with E-state index in [2.05, 4.69) is 20.0 Å². The van der Waals surface area contributed by atoms with Crippen LogP contribution in [0.1, 0.15) is 38.8 Å². The number of carbonyl (C=O) groups excluding carboxylic acids is 2. The van der Waals surface area contributed by atoms with Crippen molar-refractivity contribution < 1.29 is 19.1 Å². The van der Waals surface area contributed by atoms with Crippen molar-refractivity contribution in [2.75, 3.05) is 12.4 Å². The molecule has 1 aromatic heterocycles. The highest BCUT2D eigenvalue weighted by atomic mass is 16.6. The average molecular weight is 293 g/mol. The fourth-order valence-corrected chi connectivity index (χ4v) is 1.94. The molecule has 0 spiro atoms. The summed E-state index contributed by atoms with van der Waals surface area (Å²) >= 11 is 0. The van der Waals surface area contributed by atoms with Gasteiger partial charge in [-0.3, -0.25) is 15.1 Å². The van der Waals surface area contributed by atoms with E-state index in [0.717, 1.165) is 12.1 Å². The van der Waals surface area contributed by atoms with Gasteiger partial charge >= 0.3 is 12.1 Å². The summed E-state index contributed by atoms with van der Waals surface area (Å²) in [4.78, 5) is 31.3. The number of aromatic nitrogens is 2. The van der Waals surface area contributed by atoms with Crippen molar-refractivity contribution in [3.8, 4) is 0 Å². The molecule has 1 aliphatic carbocycles. The van der Waals surface area contributed by atoms with E-state index < -0.39 is 11.7 Å². The number of hydrogen-bond acceptors (Lipinski definition) is 6. The molecule has 1 aromatic rings. The summed E-state index contributed by atoms with van der Waals surface area (Å²) in [6.07, 6.45) is 3.15. The highest BCUT2D eigenvalue weighted by Crippen LogP contribution is 2.47. The molecule has 0 aliphatic heterocycles. The van der Waals surface area contributed by atoms with Gasteiger partial charge in [0.15, 0.2) is 5.82 Å². The minimum Gasteiger partial charge on any atom is -0.469 e. The predicted octanol–water partition coefficient (Wildman–Crippen LogP) is 2.10. The Morgan fingerprint density at radius 1 is 1.29 bits per heavy atom. The number of ether oxygens (including phenoxy) is 2. The van der Waals surface area contributed by atoms with Crippen molar-refractivity contribution in [2.24, 2.45) is 5.92 Å². The summed E-state index contributed by atoms with van der Waals surface area (Å²) in [5.74, 6) is 0.00974. The third-order valence-corrected chi connectivity index (χ3v) is 2.98. The summed E-state index contributed by atoms with van der Waals surface area (Å²) < 4.78 is 9.80. The lowest BCUT2D eigenvalue weighted by atomic mass is 10.2. The first kappa shape index (κ1) is 15.2. The van der Waals surface area contributed by atoms with Gasteiger partial charge in [0.2, 0.25) is 0 Å². The van der Waals surface area contributed by atoms with Crippen LogP contribution in [-0.4, -0.2) is 34.7 Å². The van der Waals surface area contributed by atoms with Crippen molar-refractivity contribution in [2.45, 2.75) is 38.7 Å². The Morgan fingerprint density at radius 3 is 2.52 bits per heavy atom. The number of nitrogens with one attached hydrogen (secondary N) is 1. The van der Waals surface area contributed by atoms with Crippen LogP contribution in [0.15, 0.2) is 12.4 Å². The lowest BCUT2D eigenvalue weighted by molar-refractivity contribution is -0.142. The van der Waals surface area contributed by atoms with Crippen molar-refractivity contribution in [1.29, 1.82) is 0 Å². The third kappa shape index (κ3) is 4.14. The van der Waals surface area contributed by atoms with Crippen LogP contribution in [0.3, 0.4) is 0 Å². The zero-order chi connectivity index (χ0) is 15.6. The van der Waals surface area contributed by atoms with Gasteiger partial charge in [-0.1, -0.05) is 0 Å². The molecule has 1 amide bonds. The predicted molar refractivity (Wildman–Crippen MR) is 74.8 cm³/mol. The van der Waals surface area contributed by atoms with Crippen LogP contribution in [0.4, 0.5) is 10.6 Å². The van der Waals surface area contributed by atoms with Crippen LogP contribution < -0.4 is 5.32 Å². The number of carbonyl (C=O) groups is 2. The number of amides is 1. The van der Waals surface area contributed by atoms with Crippen molar-refractivity contribution in [1.82, 2.24) is 9.97 Å². The van der Waals surface area contributed by atoms with Crippen molar-refractivity contribution >= 4 is 17.9 Å². The molecule has 7 nitrogen and oxygen atoms in total. The average Bonchev–Trinajstić information content (AvgIpc) is 3.16. The fourth-order valence-electron chi connectivity index (χ4n) is 1.94. The maximum atomic E-state index is 11.6. The second kappa shape index (κ2) is 5.67. The molecule has 114 valence electrons. The van der Waals surface area contributed by atoms with Crippen LogP contribution in [0.2, 0.25) is 0 Å². The van der Waals surface area contributed by atoms with Crippen LogP contribution in [0.25, 0.3) is 0 Å². The van der Waals surface area contributed by atoms with Crippen LogP contribution in [0.5, 0.6) is 0 Å². The highest BCUT2D eigenvalue weighted by Gasteiger charge is 2.46. The van der Waals surface area contributed by atoms with Gasteiger partial charge in [-0.05, 0) is 27.2 Å². The molecule has 1 heterocycles. The molecule has 1 aliphatic rings. The first-order valence-electron chi connectivity index (χ1n) is 6.70. The molecule has 0 radical (unpaired) electrons. The maximum absolute atomic E-state index is 11.6. The maximum Gasteiger partial charge on any atom is 0.413 e. The van der Waals surface area contributed by atoms with Crippen LogP contribution in [-0.2, 0) is 14.3 Å². The largest absolute Gasteiger partial charge is 0.469 e. The Hall–Kier alpha value is -2.18. The molecule has 0 unspecified atom stereocenters.